The van der Waals surface area contributed by atoms with Crippen molar-refractivity contribution in [1.29, 1.82) is 0 Å². The summed E-state index contributed by atoms with van der Waals surface area (Å²) >= 11 is 0. The zero-order valence-corrected chi connectivity index (χ0v) is 20.0. The second-order valence-corrected chi connectivity index (χ2v) is 11.7. The molecule has 9 heteroatoms. The first-order chi connectivity index (χ1) is 15.7. The Balaban J connectivity index is 1.77. The van der Waals surface area contributed by atoms with E-state index in [0.29, 0.717) is 23.4 Å². The molecule has 3 aromatic carbocycles. The predicted octanol–water partition coefficient (Wildman–Crippen LogP) is 4.30. The van der Waals surface area contributed by atoms with Crippen LogP contribution in [-0.2, 0) is 20.0 Å². The highest BCUT2D eigenvalue weighted by molar-refractivity contribution is 7.92. The molecule has 1 aliphatic heterocycles. The van der Waals surface area contributed by atoms with E-state index in [0.717, 1.165) is 11.1 Å². The van der Waals surface area contributed by atoms with Crippen molar-refractivity contribution in [2.75, 3.05) is 10.5 Å². The third kappa shape index (κ3) is 4.94. The van der Waals surface area contributed by atoms with E-state index in [9.17, 15) is 16.8 Å². The SMILES string of the molecule is CCS(=O)(=O)Nc1cccc(C2=NN(S(=O)(=O)c3ccccc3)[C@H](c3cccc(C)c3)C2)c1. The van der Waals surface area contributed by atoms with Crippen LogP contribution >= 0.6 is 0 Å². The standard InChI is InChI=1S/C24H25N3O4S2/c1-3-32(28,29)26-21-12-8-10-19(16-21)23-17-24(20-11-7-9-18(2)15-20)27(25-23)33(30,31)22-13-5-4-6-14-22/h4-16,24,26H,3,17H2,1-2H3/t24-/m0/s1. The van der Waals surface area contributed by atoms with Gasteiger partial charge < -0.3 is 0 Å². The molecule has 1 heterocycles. The van der Waals surface area contributed by atoms with Gasteiger partial charge >= 0.3 is 0 Å². The van der Waals surface area contributed by atoms with Crippen molar-refractivity contribution in [3.63, 3.8) is 0 Å². The number of hydrazone groups is 1. The molecule has 1 aliphatic rings. The zero-order chi connectivity index (χ0) is 23.6. The van der Waals surface area contributed by atoms with E-state index in [1.807, 2.05) is 31.2 Å². The minimum Gasteiger partial charge on any atom is -0.284 e. The van der Waals surface area contributed by atoms with Crippen molar-refractivity contribution in [1.82, 2.24) is 4.41 Å². The first-order valence-corrected chi connectivity index (χ1v) is 13.6. The molecule has 0 bridgehead atoms. The van der Waals surface area contributed by atoms with E-state index >= 15 is 0 Å². The topological polar surface area (TPSA) is 95.9 Å². The van der Waals surface area contributed by atoms with Crippen LogP contribution in [0.25, 0.3) is 0 Å². The van der Waals surface area contributed by atoms with E-state index in [1.54, 1.807) is 61.5 Å². The number of nitrogens with zero attached hydrogens (tertiary/aromatic N) is 2. The van der Waals surface area contributed by atoms with Crippen molar-refractivity contribution in [2.45, 2.75) is 31.2 Å². The first kappa shape index (κ1) is 23.0. The Morgan fingerprint density at radius 2 is 1.67 bits per heavy atom. The van der Waals surface area contributed by atoms with Gasteiger partial charge in [-0.25, -0.2) is 8.42 Å². The Morgan fingerprint density at radius 3 is 2.36 bits per heavy atom. The lowest BCUT2D eigenvalue weighted by molar-refractivity contribution is 0.371. The fourth-order valence-corrected chi connectivity index (χ4v) is 5.81. The van der Waals surface area contributed by atoms with Crippen LogP contribution in [0.5, 0.6) is 0 Å². The Labute approximate surface area is 194 Å². The second-order valence-electron chi connectivity index (χ2n) is 7.86. The molecular weight excluding hydrogens is 458 g/mol. The summed E-state index contributed by atoms with van der Waals surface area (Å²) in [6.45, 7) is 3.52. The second kappa shape index (κ2) is 8.99. The Kier molecular flexibility index (Phi) is 6.27. The molecular formula is C24H25N3O4S2. The molecule has 172 valence electrons. The summed E-state index contributed by atoms with van der Waals surface area (Å²) in [4.78, 5) is 0.164. The van der Waals surface area contributed by atoms with Crippen molar-refractivity contribution in [3.8, 4) is 0 Å². The van der Waals surface area contributed by atoms with Crippen LogP contribution in [0.2, 0.25) is 0 Å². The molecule has 1 N–H and O–H groups in total. The van der Waals surface area contributed by atoms with Gasteiger partial charge in [-0.05, 0) is 49.2 Å². The third-order valence-corrected chi connectivity index (χ3v) is 8.44. The molecule has 1 atom stereocenters. The highest BCUT2D eigenvalue weighted by atomic mass is 32.2. The number of hydrogen-bond acceptors (Lipinski definition) is 5. The van der Waals surface area contributed by atoms with Gasteiger partial charge in [0.2, 0.25) is 10.0 Å². The van der Waals surface area contributed by atoms with E-state index in [4.69, 9.17) is 0 Å². The fourth-order valence-electron chi connectivity index (χ4n) is 3.72. The predicted molar refractivity (Wildman–Crippen MR) is 130 cm³/mol. The molecule has 0 spiro atoms. The first-order valence-electron chi connectivity index (χ1n) is 10.5. The summed E-state index contributed by atoms with van der Waals surface area (Å²) in [6, 6.07) is 22.3. The van der Waals surface area contributed by atoms with E-state index in [1.165, 1.54) is 4.41 Å². The molecule has 33 heavy (non-hydrogen) atoms. The van der Waals surface area contributed by atoms with Crippen molar-refractivity contribution >= 4 is 31.4 Å². The van der Waals surface area contributed by atoms with Crippen molar-refractivity contribution < 1.29 is 16.8 Å². The molecule has 0 saturated heterocycles. The zero-order valence-electron chi connectivity index (χ0n) is 18.3. The minimum atomic E-state index is -3.90. The van der Waals surface area contributed by atoms with E-state index in [-0.39, 0.29) is 10.6 Å². The summed E-state index contributed by atoms with van der Waals surface area (Å²) < 4.78 is 54.7. The number of nitrogens with one attached hydrogen (secondary N) is 1. The maximum atomic E-state index is 13.5. The lowest BCUT2D eigenvalue weighted by atomic mass is 9.98. The van der Waals surface area contributed by atoms with Crippen LogP contribution in [-0.4, -0.2) is 32.7 Å². The minimum absolute atomic E-state index is 0.0449. The summed E-state index contributed by atoms with van der Waals surface area (Å²) in [5.41, 5.74) is 3.51. The van der Waals surface area contributed by atoms with Crippen LogP contribution in [0, 0.1) is 6.92 Å². The smallest absolute Gasteiger partial charge is 0.279 e. The van der Waals surface area contributed by atoms with Gasteiger partial charge in [0, 0.05) is 12.1 Å². The largest absolute Gasteiger partial charge is 0.284 e. The number of benzene rings is 3. The molecule has 0 fully saturated rings. The van der Waals surface area contributed by atoms with Gasteiger partial charge in [-0.15, -0.1) is 0 Å². The van der Waals surface area contributed by atoms with E-state index < -0.39 is 26.1 Å². The van der Waals surface area contributed by atoms with Crippen molar-refractivity contribution in [2.24, 2.45) is 5.10 Å². The Bertz CT molecular complexity index is 1400. The van der Waals surface area contributed by atoms with Gasteiger partial charge in [-0.1, -0.05) is 60.2 Å². The van der Waals surface area contributed by atoms with Crippen LogP contribution in [0.4, 0.5) is 5.69 Å². The Morgan fingerprint density at radius 1 is 0.939 bits per heavy atom. The third-order valence-electron chi connectivity index (χ3n) is 5.44. The summed E-state index contributed by atoms with van der Waals surface area (Å²) in [5, 5.41) is 4.54. The quantitative estimate of drug-likeness (QED) is 0.542. The summed E-state index contributed by atoms with van der Waals surface area (Å²) in [6.07, 6.45) is 0.361. The van der Waals surface area contributed by atoms with Gasteiger partial charge in [-0.3, -0.25) is 4.72 Å². The Hall–Kier alpha value is -3.17. The number of rotatable bonds is 7. The summed E-state index contributed by atoms with van der Waals surface area (Å²) in [7, 11) is -7.34. The number of anilines is 1. The fraction of sp³-hybridized carbons (Fsp3) is 0.208. The van der Waals surface area contributed by atoms with Crippen molar-refractivity contribution in [3.05, 3.63) is 95.6 Å². The van der Waals surface area contributed by atoms with Crippen LogP contribution in [0.1, 0.15) is 36.1 Å². The maximum Gasteiger partial charge on any atom is 0.279 e. The number of aryl methyl sites for hydroxylation is 1. The average Bonchev–Trinajstić information content (AvgIpc) is 3.26. The molecule has 0 unspecified atom stereocenters. The molecule has 0 saturated carbocycles. The average molecular weight is 484 g/mol. The van der Waals surface area contributed by atoms with Gasteiger partial charge in [0.1, 0.15) is 0 Å². The highest BCUT2D eigenvalue weighted by Gasteiger charge is 2.37. The molecule has 0 amide bonds. The molecule has 3 aromatic rings. The molecule has 0 aliphatic carbocycles. The number of sulfonamides is 2. The van der Waals surface area contributed by atoms with Gasteiger partial charge in [0.05, 0.1) is 22.4 Å². The summed E-state index contributed by atoms with van der Waals surface area (Å²) in [5.74, 6) is -0.0449. The molecule has 4 rings (SSSR count). The normalized spacial score (nSPS) is 16.5. The van der Waals surface area contributed by atoms with E-state index in [2.05, 4.69) is 9.82 Å². The van der Waals surface area contributed by atoms with Gasteiger partial charge in [0.25, 0.3) is 10.0 Å². The number of hydrogen-bond donors (Lipinski definition) is 1. The lowest BCUT2D eigenvalue weighted by Gasteiger charge is -2.23. The van der Waals surface area contributed by atoms with Gasteiger partial charge in [-0.2, -0.15) is 17.9 Å². The van der Waals surface area contributed by atoms with Crippen LogP contribution < -0.4 is 4.72 Å². The lowest BCUT2D eigenvalue weighted by Crippen LogP contribution is -2.27. The van der Waals surface area contributed by atoms with Gasteiger partial charge in [0.15, 0.2) is 0 Å². The van der Waals surface area contributed by atoms with Crippen LogP contribution in [0.15, 0.2) is 88.9 Å². The molecule has 0 aromatic heterocycles. The monoisotopic (exact) mass is 483 g/mol. The molecule has 0 radical (unpaired) electrons. The molecule has 7 nitrogen and oxygen atoms in total. The van der Waals surface area contributed by atoms with Crippen LogP contribution in [0.3, 0.4) is 0 Å². The maximum absolute atomic E-state index is 13.5. The highest BCUT2D eigenvalue weighted by Crippen LogP contribution is 2.37.